The van der Waals surface area contributed by atoms with E-state index in [0.717, 1.165) is 22.0 Å². The van der Waals surface area contributed by atoms with E-state index in [9.17, 15) is 0 Å². The highest BCUT2D eigenvalue weighted by molar-refractivity contribution is 7.14. The Labute approximate surface area is 89.5 Å². The summed E-state index contributed by atoms with van der Waals surface area (Å²) >= 11 is 1.50. The van der Waals surface area contributed by atoms with Crippen LogP contribution in [0.15, 0.2) is 24.1 Å². The molecule has 0 fully saturated rings. The summed E-state index contributed by atoms with van der Waals surface area (Å²) in [6.07, 6.45) is 5.21. The summed E-state index contributed by atoms with van der Waals surface area (Å²) in [4.78, 5) is 13.7. The molecule has 0 aromatic carbocycles. The Morgan fingerprint density at radius 2 is 2.13 bits per heavy atom. The van der Waals surface area contributed by atoms with Gasteiger partial charge in [-0.15, -0.1) is 0 Å². The molecule has 0 radical (unpaired) electrons. The molecule has 0 spiro atoms. The van der Waals surface area contributed by atoms with Crippen molar-refractivity contribution in [2.24, 2.45) is 0 Å². The molecule has 0 saturated carbocycles. The fourth-order valence-electron chi connectivity index (χ4n) is 1.41. The number of hydrogen-bond acceptors (Lipinski definition) is 5. The predicted molar refractivity (Wildman–Crippen MR) is 56.6 cm³/mol. The molecule has 3 aromatic rings. The fraction of sp³-hybridized carbons (Fsp3) is 0.111. The summed E-state index contributed by atoms with van der Waals surface area (Å²) < 4.78 is 1.74. The monoisotopic (exact) mass is 217 g/mol. The third-order valence-electron chi connectivity index (χ3n) is 2.11. The number of aryl methyl sites for hydroxylation is 1. The Morgan fingerprint density at radius 3 is 2.93 bits per heavy atom. The van der Waals surface area contributed by atoms with Crippen LogP contribution < -0.4 is 0 Å². The van der Waals surface area contributed by atoms with Crippen LogP contribution in [0.4, 0.5) is 0 Å². The van der Waals surface area contributed by atoms with Gasteiger partial charge in [0, 0.05) is 12.4 Å². The Kier molecular flexibility index (Phi) is 1.75. The Balaban J connectivity index is 2.22. The number of nitrogens with zero attached hydrogens (tertiary/aromatic N) is 5. The van der Waals surface area contributed by atoms with Crippen molar-refractivity contribution in [1.29, 1.82) is 0 Å². The zero-order chi connectivity index (χ0) is 10.3. The lowest BCUT2D eigenvalue weighted by Gasteiger charge is -1.97. The maximum atomic E-state index is 4.42. The quantitative estimate of drug-likeness (QED) is 0.620. The van der Waals surface area contributed by atoms with Crippen LogP contribution in [0.5, 0.6) is 0 Å². The van der Waals surface area contributed by atoms with Gasteiger partial charge in [0.1, 0.15) is 16.9 Å². The third kappa shape index (κ3) is 1.30. The molecular formula is C9H7N5S. The van der Waals surface area contributed by atoms with Gasteiger partial charge in [0.15, 0.2) is 0 Å². The van der Waals surface area contributed by atoms with Gasteiger partial charge in [-0.2, -0.15) is 5.10 Å². The van der Waals surface area contributed by atoms with Gasteiger partial charge in [-0.1, -0.05) is 11.3 Å². The molecule has 6 heteroatoms. The molecule has 0 aliphatic carbocycles. The predicted octanol–water partition coefficient (Wildman–Crippen LogP) is 1.56. The van der Waals surface area contributed by atoms with Crippen molar-refractivity contribution >= 4 is 16.3 Å². The second-order valence-electron chi connectivity index (χ2n) is 3.08. The first-order valence-corrected chi connectivity index (χ1v) is 5.29. The number of rotatable bonds is 1. The van der Waals surface area contributed by atoms with Crippen LogP contribution in [0.25, 0.3) is 16.3 Å². The summed E-state index contributed by atoms with van der Waals surface area (Å²) in [6, 6.07) is 0. The van der Waals surface area contributed by atoms with Crippen LogP contribution in [0, 0.1) is 6.92 Å². The first-order chi connectivity index (χ1) is 7.34. The standard InChI is InChI=1S/C9H7N5S/c1-6-8(11-3-2-10-6)7-4-14-9(13-7)15-5-12-14/h2-5H,1H3. The summed E-state index contributed by atoms with van der Waals surface area (Å²) in [5.41, 5.74) is 4.27. The summed E-state index contributed by atoms with van der Waals surface area (Å²) in [6.45, 7) is 1.92. The van der Waals surface area contributed by atoms with Gasteiger partial charge in [-0.3, -0.25) is 9.97 Å². The van der Waals surface area contributed by atoms with Crippen molar-refractivity contribution in [3.8, 4) is 11.4 Å². The summed E-state index contributed by atoms with van der Waals surface area (Å²) in [5, 5.41) is 4.12. The molecular weight excluding hydrogens is 210 g/mol. The molecule has 3 heterocycles. The topological polar surface area (TPSA) is 56.0 Å². The molecule has 3 aromatic heterocycles. The fourth-order valence-corrected chi connectivity index (χ4v) is 2.01. The molecule has 0 bridgehead atoms. The molecule has 3 rings (SSSR count). The van der Waals surface area contributed by atoms with Crippen molar-refractivity contribution in [3.05, 3.63) is 29.8 Å². The molecule has 0 saturated heterocycles. The van der Waals surface area contributed by atoms with Crippen LogP contribution in [-0.4, -0.2) is 24.6 Å². The molecule has 0 aliphatic heterocycles. The molecule has 0 N–H and O–H groups in total. The van der Waals surface area contributed by atoms with Gasteiger partial charge in [0.05, 0.1) is 11.9 Å². The first kappa shape index (κ1) is 8.49. The zero-order valence-corrected chi connectivity index (χ0v) is 8.77. The van der Waals surface area contributed by atoms with Crippen LogP contribution in [-0.2, 0) is 0 Å². The second kappa shape index (κ2) is 3.09. The van der Waals surface area contributed by atoms with Crippen LogP contribution >= 0.6 is 11.3 Å². The molecule has 0 atom stereocenters. The third-order valence-corrected chi connectivity index (χ3v) is 2.80. The second-order valence-corrected chi connectivity index (χ2v) is 3.89. The minimum atomic E-state index is 0.815. The van der Waals surface area contributed by atoms with Gasteiger partial charge in [0.25, 0.3) is 0 Å². The Hall–Kier alpha value is -1.82. The molecule has 0 unspecified atom stereocenters. The summed E-state index contributed by atoms with van der Waals surface area (Å²) in [5.74, 6) is 0. The summed E-state index contributed by atoms with van der Waals surface area (Å²) in [7, 11) is 0. The first-order valence-electron chi connectivity index (χ1n) is 4.41. The molecule has 0 aliphatic rings. The van der Waals surface area contributed by atoms with Crippen molar-refractivity contribution in [2.45, 2.75) is 6.92 Å². The normalized spacial score (nSPS) is 11.0. The van der Waals surface area contributed by atoms with Gasteiger partial charge in [-0.25, -0.2) is 9.50 Å². The van der Waals surface area contributed by atoms with Crippen LogP contribution in [0.2, 0.25) is 0 Å². The van der Waals surface area contributed by atoms with Crippen LogP contribution in [0.3, 0.4) is 0 Å². The Bertz CT molecular complexity index is 583. The highest BCUT2D eigenvalue weighted by Crippen LogP contribution is 2.19. The Morgan fingerprint density at radius 1 is 1.27 bits per heavy atom. The maximum absolute atomic E-state index is 4.42. The highest BCUT2D eigenvalue weighted by atomic mass is 32.1. The lowest BCUT2D eigenvalue weighted by molar-refractivity contribution is 0.973. The van der Waals surface area contributed by atoms with E-state index in [0.29, 0.717) is 0 Å². The number of fused-ring (bicyclic) bond motifs is 1. The molecule has 0 amide bonds. The van der Waals surface area contributed by atoms with Crippen molar-refractivity contribution in [1.82, 2.24) is 24.6 Å². The van der Waals surface area contributed by atoms with E-state index in [1.54, 1.807) is 22.4 Å². The number of aromatic nitrogens is 5. The van der Waals surface area contributed by atoms with Gasteiger partial charge >= 0.3 is 0 Å². The van der Waals surface area contributed by atoms with Crippen molar-refractivity contribution in [3.63, 3.8) is 0 Å². The van der Waals surface area contributed by atoms with Gasteiger partial charge in [-0.05, 0) is 6.92 Å². The van der Waals surface area contributed by atoms with E-state index in [4.69, 9.17) is 0 Å². The highest BCUT2D eigenvalue weighted by Gasteiger charge is 2.09. The average Bonchev–Trinajstić information content (AvgIpc) is 2.77. The van der Waals surface area contributed by atoms with Crippen molar-refractivity contribution in [2.75, 3.05) is 0 Å². The van der Waals surface area contributed by atoms with Gasteiger partial charge < -0.3 is 0 Å². The van der Waals surface area contributed by atoms with E-state index in [-0.39, 0.29) is 0 Å². The molecule has 15 heavy (non-hydrogen) atoms. The molecule has 74 valence electrons. The smallest absolute Gasteiger partial charge is 0.212 e. The van der Waals surface area contributed by atoms with E-state index in [1.807, 2.05) is 13.1 Å². The largest absolute Gasteiger partial charge is 0.258 e. The van der Waals surface area contributed by atoms with E-state index in [2.05, 4.69) is 20.1 Å². The lowest BCUT2D eigenvalue weighted by atomic mass is 10.2. The van der Waals surface area contributed by atoms with Crippen LogP contribution in [0.1, 0.15) is 5.69 Å². The average molecular weight is 217 g/mol. The van der Waals surface area contributed by atoms with E-state index < -0.39 is 0 Å². The lowest BCUT2D eigenvalue weighted by Crippen LogP contribution is -1.90. The molecule has 5 nitrogen and oxygen atoms in total. The maximum Gasteiger partial charge on any atom is 0.212 e. The van der Waals surface area contributed by atoms with Crippen molar-refractivity contribution < 1.29 is 0 Å². The minimum Gasteiger partial charge on any atom is -0.258 e. The number of imidazole rings is 1. The minimum absolute atomic E-state index is 0.815. The van der Waals surface area contributed by atoms with E-state index >= 15 is 0 Å². The number of hydrogen-bond donors (Lipinski definition) is 0. The van der Waals surface area contributed by atoms with E-state index in [1.165, 1.54) is 11.3 Å². The SMILES string of the molecule is Cc1nccnc1-c1cn2ncsc2n1. The zero-order valence-electron chi connectivity index (χ0n) is 7.95. The van der Waals surface area contributed by atoms with Gasteiger partial charge in [0.2, 0.25) is 4.96 Å².